The molecule has 0 aromatic heterocycles. The molecule has 1 fully saturated rings. The van der Waals surface area contributed by atoms with Crippen molar-refractivity contribution in [1.29, 1.82) is 0 Å². The van der Waals surface area contributed by atoms with E-state index >= 15 is 0 Å². The molecular formula is C21H23N3O2. The average molecular weight is 349 g/mol. The second kappa shape index (κ2) is 6.92. The fourth-order valence-electron chi connectivity index (χ4n) is 3.54. The van der Waals surface area contributed by atoms with E-state index in [1.54, 1.807) is 24.3 Å². The van der Waals surface area contributed by atoms with Crippen LogP contribution in [0.25, 0.3) is 0 Å². The van der Waals surface area contributed by atoms with Gasteiger partial charge in [0.2, 0.25) is 5.91 Å². The first-order chi connectivity index (χ1) is 12.6. The van der Waals surface area contributed by atoms with Gasteiger partial charge in [0.1, 0.15) is 0 Å². The van der Waals surface area contributed by atoms with Crippen LogP contribution in [0.4, 0.5) is 11.4 Å². The maximum Gasteiger partial charge on any atom is 0.258 e. The van der Waals surface area contributed by atoms with Crippen LogP contribution in [0.2, 0.25) is 0 Å². The van der Waals surface area contributed by atoms with Crippen molar-refractivity contribution < 1.29 is 9.59 Å². The van der Waals surface area contributed by atoms with Gasteiger partial charge in [-0.2, -0.15) is 0 Å². The maximum atomic E-state index is 12.8. The van der Waals surface area contributed by atoms with Crippen molar-refractivity contribution in [1.82, 2.24) is 5.32 Å². The van der Waals surface area contributed by atoms with Crippen molar-refractivity contribution in [3.05, 3.63) is 59.7 Å². The normalized spacial score (nSPS) is 17.3. The lowest BCUT2D eigenvalue weighted by atomic mass is 9.88. The van der Waals surface area contributed by atoms with Gasteiger partial charge >= 0.3 is 0 Å². The minimum atomic E-state index is -0.0151. The summed E-state index contributed by atoms with van der Waals surface area (Å²) in [6.07, 6.45) is 0.893. The molecule has 2 amide bonds. The Hall–Kier alpha value is -2.66. The van der Waals surface area contributed by atoms with Crippen LogP contribution >= 0.6 is 0 Å². The SMILES string of the molecule is CC(C(=O)Nc1ccc(C(=O)N2CCc3ccccc32)cc1)C1CNC1. The van der Waals surface area contributed by atoms with Crippen molar-refractivity contribution in [3.63, 3.8) is 0 Å². The van der Waals surface area contributed by atoms with Crippen LogP contribution in [-0.4, -0.2) is 31.4 Å². The Morgan fingerprint density at radius 3 is 2.54 bits per heavy atom. The van der Waals surface area contributed by atoms with Gasteiger partial charge in [-0.3, -0.25) is 9.59 Å². The number of fused-ring (bicyclic) bond motifs is 1. The number of hydrogen-bond acceptors (Lipinski definition) is 3. The predicted octanol–water partition coefficient (Wildman–Crippen LogP) is 2.68. The highest BCUT2D eigenvalue weighted by atomic mass is 16.2. The lowest BCUT2D eigenvalue weighted by Gasteiger charge is -2.31. The molecule has 0 radical (unpaired) electrons. The van der Waals surface area contributed by atoms with Gasteiger partial charge in [-0.1, -0.05) is 25.1 Å². The average Bonchev–Trinajstić information content (AvgIpc) is 3.04. The molecule has 2 heterocycles. The number of nitrogens with one attached hydrogen (secondary N) is 2. The van der Waals surface area contributed by atoms with E-state index < -0.39 is 0 Å². The minimum absolute atomic E-state index is 0.00161. The van der Waals surface area contributed by atoms with Crippen LogP contribution in [-0.2, 0) is 11.2 Å². The number of carbonyl (C=O) groups is 2. The van der Waals surface area contributed by atoms with Crippen LogP contribution in [0.1, 0.15) is 22.8 Å². The third-order valence-electron chi connectivity index (χ3n) is 5.47. The van der Waals surface area contributed by atoms with Crippen LogP contribution < -0.4 is 15.5 Å². The minimum Gasteiger partial charge on any atom is -0.326 e. The second-order valence-electron chi connectivity index (χ2n) is 7.11. The molecule has 134 valence electrons. The summed E-state index contributed by atoms with van der Waals surface area (Å²) >= 11 is 0. The predicted molar refractivity (Wildman–Crippen MR) is 102 cm³/mol. The highest BCUT2D eigenvalue weighted by molar-refractivity contribution is 6.07. The van der Waals surface area contributed by atoms with Crippen molar-refractivity contribution in [2.75, 3.05) is 29.9 Å². The summed E-state index contributed by atoms with van der Waals surface area (Å²) < 4.78 is 0. The summed E-state index contributed by atoms with van der Waals surface area (Å²) in [7, 11) is 0. The number of hydrogen-bond donors (Lipinski definition) is 2. The van der Waals surface area contributed by atoms with E-state index in [0.29, 0.717) is 18.0 Å². The monoisotopic (exact) mass is 349 g/mol. The topological polar surface area (TPSA) is 61.4 Å². The van der Waals surface area contributed by atoms with E-state index in [-0.39, 0.29) is 17.7 Å². The molecule has 4 rings (SSSR count). The van der Waals surface area contributed by atoms with Gasteiger partial charge < -0.3 is 15.5 Å². The van der Waals surface area contributed by atoms with Gasteiger partial charge in [-0.25, -0.2) is 0 Å². The van der Waals surface area contributed by atoms with Gasteiger partial charge in [-0.05, 0) is 61.3 Å². The third kappa shape index (κ3) is 3.10. The van der Waals surface area contributed by atoms with E-state index in [1.807, 2.05) is 30.0 Å². The molecule has 0 bridgehead atoms. The van der Waals surface area contributed by atoms with Gasteiger partial charge in [0.05, 0.1) is 0 Å². The molecule has 0 spiro atoms. The summed E-state index contributed by atoms with van der Waals surface area (Å²) in [4.78, 5) is 26.9. The smallest absolute Gasteiger partial charge is 0.258 e. The first kappa shape index (κ1) is 16.8. The maximum absolute atomic E-state index is 12.8. The van der Waals surface area contributed by atoms with E-state index in [1.165, 1.54) is 5.56 Å². The van der Waals surface area contributed by atoms with E-state index in [9.17, 15) is 9.59 Å². The lowest BCUT2D eigenvalue weighted by molar-refractivity contribution is -0.121. The zero-order chi connectivity index (χ0) is 18.1. The zero-order valence-corrected chi connectivity index (χ0v) is 14.9. The van der Waals surface area contributed by atoms with Gasteiger partial charge in [0, 0.05) is 29.4 Å². The fourth-order valence-corrected chi connectivity index (χ4v) is 3.54. The van der Waals surface area contributed by atoms with E-state index in [0.717, 1.165) is 30.9 Å². The highest BCUT2D eigenvalue weighted by Gasteiger charge is 2.29. The Labute approximate surface area is 153 Å². The molecule has 5 heteroatoms. The number of para-hydroxylation sites is 1. The number of nitrogens with zero attached hydrogens (tertiary/aromatic N) is 1. The number of amides is 2. The molecule has 0 saturated carbocycles. The summed E-state index contributed by atoms with van der Waals surface area (Å²) in [6, 6.07) is 15.2. The highest BCUT2D eigenvalue weighted by Crippen LogP contribution is 2.29. The molecule has 2 N–H and O–H groups in total. The van der Waals surface area contributed by atoms with Gasteiger partial charge in [-0.15, -0.1) is 0 Å². The van der Waals surface area contributed by atoms with Crippen LogP contribution in [0.15, 0.2) is 48.5 Å². The van der Waals surface area contributed by atoms with Crippen LogP contribution in [0.3, 0.4) is 0 Å². The first-order valence-electron chi connectivity index (χ1n) is 9.15. The standard InChI is InChI=1S/C21H23N3O2/c1-14(17-12-22-13-17)20(25)23-18-8-6-16(7-9-18)21(26)24-11-10-15-4-2-3-5-19(15)24/h2-9,14,17,22H,10-13H2,1H3,(H,23,25). The van der Waals surface area contributed by atoms with Crippen molar-refractivity contribution in [2.45, 2.75) is 13.3 Å². The van der Waals surface area contributed by atoms with Crippen molar-refractivity contribution >= 4 is 23.2 Å². The molecule has 2 aliphatic rings. The summed E-state index contributed by atoms with van der Waals surface area (Å²) in [5.41, 5.74) is 3.57. The molecule has 2 aliphatic heterocycles. The molecule has 1 unspecified atom stereocenters. The fraction of sp³-hybridized carbons (Fsp3) is 0.333. The second-order valence-corrected chi connectivity index (χ2v) is 7.11. The molecule has 26 heavy (non-hydrogen) atoms. The van der Waals surface area contributed by atoms with Crippen molar-refractivity contribution in [3.8, 4) is 0 Å². The van der Waals surface area contributed by atoms with E-state index in [2.05, 4.69) is 16.7 Å². The Bertz CT molecular complexity index is 827. The van der Waals surface area contributed by atoms with Crippen LogP contribution in [0, 0.1) is 11.8 Å². The number of rotatable bonds is 4. The lowest BCUT2D eigenvalue weighted by Crippen LogP contribution is -2.48. The quantitative estimate of drug-likeness (QED) is 0.892. The third-order valence-corrected chi connectivity index (χ3v) is 5.47. The molecule has 2 aromatic carbocycles. The molecule has 2 aromatic rings. The Kier molecular flexibility index (Phi) is 4.47. The Morgan fingerprint density at radius 2 is 1.85 bits per heavy atom. The number of anilines is 2. The Morgan fingerprint density at radius 1 is 1.12 bits per heavy atom. The van der Waals surface area contributed by atoms with Crippen molar-refractivity contribution in [2.24, 2.45) is 11.8 Å². The Balaban J connectivity index is 1.43. The van der Waals surface area contributed by atoms with Crippen LogP contribution in [0.5, 0.6) is 0 Å². The van der Waals surface area contributed by atoms with Gasteiger partial charge in [0.15, 0.2) is 0 Å². The largest absolute Gasteiger partial charge is 0.326 e. The number of benzene rings is 2. The molecule has 0 aliphatic carbocycles. The summed E-state index contributed by atoms with van der Waals surface area (Å²) in [5.74, 6) is 0.426. The van der Waals surface area contributed by atoms with E-state index in [4.69, 9.17) is 0 Å². The molecular weight excluding hydrogens is 326 g/mol. The molecule has 1 atom stereocenters. The summed E-state index contributed by atoms with van der Waals surface area (Å²) in [5, 5.41) is 6.14. The molecule has 5 nitrogen and oxygen atoms in total. The zero-order valence-electron chi connectivity index (χ0n) is 14.9. The number of carbonyl (C=O) groups excluding carboxylic acids is 2. The molecule has 1 saturated heterocycles. The van der Waals surface area contributed by atoms with Gasteiger partial charge in [0.25, 0.3) is 5.91 Å². The summed E-state index contributed by atoms with van der Waals surface area (Å²) in [6.45, 7) is 4.48. The first-order valence-corrected chi connectivity index (χ1v) is 9.15.